The Hall–Kier alpha value is -4.26. The van der Waals surface area contributed by atoms with Crippen molar-refractivity contribution in [3.8, 4) is 5.69 Å². The highest BCUT2D eigenvalue weighted by Crippen LogP contribution is 2.14. The Bertz CT molecular complexity index is 1480. The molecule has 0 aliphatic rings. The van der Waals surface area contributed by atoms with E-state index in [2.05, 4.69) is 10.4 Å². The first-order valence-electron chi connectivity index (χ1n) is 11.5. The van der Waals surface area contributed by atoms with Gasteiger partial charge in [-0.25, -0.2) is 4.79 Å². The number of benzene rings is 3. The number of carbonyl (C=O) groups is 1. The van der Waals surface area contributed by atoms with E-state index in [1.54, 1.807) is 12.1 Å². The zero-order valence-corrected chi connectivity index (χ0v) is 20.3. The van der Waals surface area contributed by atoms with E-state index < -0.39 is 17.2 Å². The van der Waals surface area contributed by atoms with Crippen molar-refractivity contribution in [1.29, 1.82) is 0 Å². The molecular weight excluding hydrogens is 440 g/mol. The Morgan fingerprint density at radius 1 is 0.914 bits per heavy atom. The highest BCUT2D eigenvalue weighted by Gasteiger charge is 2.22. The highest BCUT2D eigenvalue weighted by atomic mass is 16.2. The van der Waals surface area contributed by atoms with E-state index in [9.17, 15) is 14.4 Å². The molecule has 0 fully saturated rings. The van der Waals surface area contributed by atoms with E-state index in [0.717, 1.165) is 37.1 Å². The van der Waals surface area contributed by atoms with Crippen molar-refractivity contribution in [1.82, 2.24) is 19.7 Å². The summed E-state index contributed by atoms with van der Waals surface area (Å²) in [5.74, 6) is -0.636. The third-order valence-corrected chi connectivity index (χ3v) is 5.96. The Labute approximate surface area is 203 Å². The van der Waals surface area contributed by atoms with E-state index in [-0.39, 0.29) is 18.3 Å². The van der Waals surface area contributed by atoms with Gasteiger partial charge in [0.1, 0.15) is 0 Å². The van der Waals surface area contributed by atoms with Gasteiger partial charge in [0, 0.05) is 0 Å². The number of nitrogens with zero attached hydrogens (tertiary/aromatic N) is 3. The first kappa shape index (κ1) is 23.9. The van der Waals surface area contributed by atoms with Crippen molar-refractivity contribution in [2.45, 2.75) is 40.3 Å². The largest absolute Gasteiger partial charge is 0.352 e. The Kier molecular flexibility index (Phi) is 6.78. The van der Waals surface area contributed by atoms with Crippen LogP contribution in [0.3, 0.4) is 0 Å². The number of aromatic nitrogens is 3. The molecular formula is C28H28N4O3. The van der Waals surface area contributed by atoms with E-state index >= 15 is 0 Å². The molecule has 4 aromatic rings. The van der Waals surface area contributed by atoms with Gasteiger partial charge in [-0.05, 0) is 67.6 Å². The molecule has 0 spiro atoms. The molecule has 7 nitrogen and oxygen atoms in total. The summed E-state index contributed by atoms with van der Waals surface area (Å²) in [5.41, 5.74) is 3.36. The SMILES string of the molecule is Cc1cc(C)cc(-n2nc(C(=O)NC(C)c3ccccc3)c(=O)n(Cc3ccccc3C)c2=O)c1. The zero-order chi connectivity index (χ0) is 25.1. The average Bonchev–Trinajstić information content (AvgIpc) is 2.82. The van der Waals surface area contributed by atoms with Crippen LogP contribution in [-0.2, 0) is 6.54 Å². The molecule has 178 valence electrons. The molecule has 7 heteroatoms. The molecule has 0 saturated heterocycles. The number of carbonyl (C=O) groups excluding carboxylic acids is 1. The van der Waals surface area contributed by atoms with Gasteiger partial charge in [-0.2, -0.15) is 9.78 Å². The lowest BCUT2D eigenvalue weighted by Crippen LogP contribution is -2.46. The molecule has 1 heterocycles. The molecule has 1 N–H and O–H groups in total. The highest BCUT2D eigenvalue weighted by molar-refractivity contribution is 5.92. The van der Waals surface area contributed by atoms with Crippen LogP contribution in [0.2, 0.25) is 0 Å². The molecule has 1 atom stereocenters. The summed E-state index contributed by atoms with van der Waals surface area (Å²) >= 11 is 0. The molecule has 0 bridgehead atoms. The fourth-order valence-corrected chi connectivity index (χ4v) is 4.09. The maximum absolute atomic E-state index is 13.5. The standard InChI is InChI=1S/C28H28N4O3/c1-18-14-19(2)16-24(15-18)32-28(35)31(17-23-13-9-8-10-20(23)3)27(34)25(30-32)26(33)29-21(4)22-11-6-5-7-12-22/h5-16,21H,17H2,1-4H3,(H,29,33). The molecule has 35 heavy (non-hydrogen) atoms. The summed E-state index contributed by atoms with van der Waals surface area (Å²) in [7, 11) is 0. The van der Waals surface area contributed by atoms with Gasteiger partial charge in [0.2, 0.25) is 5.69 Å². The van der Waals surface area contributed by atoms with E-state index in [4.69, 9.17) is 0 Å². The maximum atomic E-state index is 13.5. The molecule has 1 aromatic heterocycles. The Balaban J connectivity index is 1.85. The van der Waals surface area contributed by atoms with Crippen LogP contribution in [0.4, 0.5) is 0 Å². The van der Waals surface area contributed by atoms with Crippen LogP contribution in [0.5, 0.6) is 0 Å². The zero-order valence-electron chi connectivity index (χ0n) is 20.3. The van der Waals surface area contributed by atoms with Crippen LogP contribution in [0.25, 0.3) is 5.69 Å². The summed E-state index contributed by atoms with van der Waals surface area (Å²) in [4.78, 5) is 40.1. The summed E-state index contributed by atoms with van der Waals surface area (Å²) < 4.78 is 2.22. The number of rotatable bonds is 6. The number of hydrogen-bond donors (Lipinski definition) is 1. The topological polar surface area (TPSA) is 86.0 Å². The molecule has 3 aromatic carbocycles. The Morgan fingerprint density at radius 2 is 1.54 bits per heavy atom. The first-order chi connectivity index (χ1) is 16.7. The lowest BCUT2D eigenvalue weighted by Gasteiger charge is -2.16. The van der Waals surface area contributed by atoms with Gasteiger partial charge in [-0.3, -0.25) is 14.2 Å². The van der Waals surface area contributed by atoms with E-state index in [1.165, 1.54) is 0 Å². The van der Waals surface area contributed by atoms with Gasteiger partial charge in [-0.1, -0.05) is 60.7 Å². The van der Waals surface area contributed by atoms with Crippen molar-refractivity contribution in [2.24, 2.45) is 0 Å². The third-order valence-electron chi connectivity index (χ3n) is 5.96. The van der Waals surface area contributed by atoms with Crippen LogP contribution in [0, 0.1) is 20.8 Å². The fourth-order valence-electron chi connectivity index (χ4n) is 4.09. The molecule has 1 amide bonds. The first-order valence-corrected chi connectivity index (χ1v) is 11.5. The fraction of sp³-hybridized carbons (Fsp3) is 0.214. The number of aryl methyl sites for hydroxylation is 3. The minimum absolute atomic E-state index is 0.0339. The quantitative estimate of drug-likeness (QED) is 0.466. The van der Waals surface area contributed by atoms with Crippen LogP contribution in [0.1, 0.15) is 51.3 Å². The Morgan fingerprint density at radius 3 is 2.20 bits per heavy atom. The van der Waals surface area contributed by atoms with Crippen LogP contribution >= 0.6 is 0 Å². The molecule has 0 aliphatic heterocycles. The van der Waals surface area contributed by atoms with Gasteiger partial charge < -0.3 is 5.32 Å². The normalized spacial score (nSPS) is 11.8. The minimum atomic E-state index is -0.725. The van der Waals surface area contributed by atoms with Crippen LogP contribution in [-0.4, -0.2) is 20.3 Å². The smallest absolute Gasteiger partial charge is 0.344 e. The van der Waals surface area contributed by atoms with Gasteiger partial charge in [0.25, 0.3) is 11.5 Å². The van der Waals surface area contributed by atoms with Crippen LogP contribution < -0.4 is 16.6 Å². The van der Waals surface area contributed by atoms with Gasteiger partial charge in [-0.15, -0.1) is 0 Å². The molecule has 0 aliphatic carbocycles. The predicted octanol–water partition coefficient (Wildman–Crippen LogP) is 3.86. The lowest BCUT2D eigenvalue weighted by atomic mass is 10.1. The second-order valence-electron chi connectivity index (χ2n) is 8.81. The molecule has 0 saturated carbocycles. The second-order valence-corrected chi connectivity index (χ2v) is 8.81. The van der Waals surface area contributed by atoms with Gasteiger partial charge >= 0.3 is 5.69 Å². The average molecular weight is 469 g/mol. The summed E-state index contributed by atoms with van der Waals surface area (Å²) in [6.07, 6.45) is 0. The van der Waals surface area contributed by atoms with E-state index in [1.807, 2.05) is 88.4 Å². The summed E-state index contributed by atoms with van der Waals surface area (Å²) in [5, 5.41) is 7.10. The monoisotopic (exact) mass is 468 g/mol. The number of nitrogens with one attached hydrogen (secondary N) is 1. The van der Waals surface area contributed by atoms with E-state index in [0.29, 0.717) is 5.69 Å². The number of hydrogen-bond acceptors (Lipinski definition) is 4. The van der Waals surface area contributed by atoms with Gasteiger partial charge in [0.05, 0.1) is 18.3 Å². The number of amides is 1. The summed E-state index contributed by atoms with van der Waals surface area (Å²) in [6, 6.07) is 22.2. The second kappa shape index (κ2) is 9.93. The molecule has 0 radical (unpaired) electrons. The van der Waals surface area contributed by atoms with Crippen molar-refractivity contribution >= 4 is 5.91 Å². The predicted molar refractivity (Wildman–Crippen MR) is 136 cm³/mol. The van der Waals surface area contributed by atoms with Gasteiger partial charge in [0.15, 0.2) is 0 Å². The summed E-state index contributed by atoms with van der Waals surface area (Å²) in [6.45, 7) is 7.62. The van der Waals surface area contributed by atoms with Crippen molar-refractivity contribution in [3.05, 3.63) is 127 Å². The molecule has 4 rings (SSSR count). The van der Waals surface area contributed by atoms with Crippen molar-refractivity contribution in [3.63, 3.8) is 0 Å². The van der Waals surface area contributed by atoms with Crippen molar-refractivity contribution < 1.29 is 4.79 Å². The minimum Gasteiger partial charge on any atom is -0.344 e. The molecule has 1 unspecified atom stereocenters. The van der Waals surface area contributed by atoms with Crippen molar-refractivity contribution in [2.75, 3.05) is 0 Å². The lowest BCUT2D eigenvalue weighted by molar-refractivity contribution is 0.0930. The van der Waals surface area contributed by atoms with Crippen LogP contribution in [0.15, 0.2) is 82.4 Å². The third kappa shape index (κ3) is 5.14. The maximum Gasteiger partial charge on any atom is 0.352 e.